The van der Waals surface area contributed by atoms with E-state index in [0.29, 0.717) is 19.0 Å². The second kappa shape index (κ2) is 6.89. The van der Waals surface area contributed by atoms with Crippen molar-refractivity contribution < 1.29 is 4.79 Å². The van der Waals surface area contributed by atoms with Gasteiger partial charge in [-0.05, 0) is 38.0 Å². The highest BCUT2D eigenvalue weighted by Gasteiger charge is 2.25. The first-order valence-corrected chi connectivity index (χ1v) is 6.64. The number of carbonyl (C=O) groups is 1. The zero-order valence-electron chi connectivity index (χ0n) is 10.7. The smallest absolute Gasteiger partial charge is 0.224 e. The largest absolute Gasteiger partial charge is 0.340 e. The van der Waals surface area contributed by atoms with Gasteiger partial charge in [0.05, 0.1) is 0 Å². The molecule has 2 N–H and O–H groups in total. The van der Waals surface area contributed by atoms with Gasteiger partial charge in [-0.25, -0.2) is 0 Å². The van der Waals surface area contributed by atoms with E-state index in [1.54, 1.807) is 0 Å². The van der Waals surface area contributed by atoms with Crippen molar-refractivity contribution in [3.05, 3.63) is 0 Å². The topological polar surface area (TPSA) is 46.3 Å². The van der Waals surface area contributed by atoms with Gasteiger partial charge in [0.2, 0.25) is 5.91 Å². The summed E-state index contributed by atoms with van der Waals surface area (Å²) in [6, 6.07) is 0.482. The molecule has 1 amide bonds. The minimum Gasteiger partial charge on any atom is -0.340 e. The van der Waals surface area contributed by atoms with Gasteiger partial charge in [0.1, 0.15) is 0 Å². The normalized spacial score (nSPS) is 21.5. The molecule has 0 radical (unpaired) electrons. The van der Waals surface area contributed by atoms with Crippen LogP contribution < -0.4 is 5.73 Å². The fraction of sp³-hybridized carbons (Fsp3) is 0.923. The molecule has 1 unspecified atom stereocenters. The molecule has 1 saturated heterocycles. The summed E-state index contributed by atoms with van der Waals surface area (Å²) in [5.41, 5.74) is 5.46. The van der Waals surface area contributed by atoms with Crippen LogP contribution in [-0.2, 0) is 4.79 Å². The third-order valence-electron chi connectivity index (χ3n) is 3.38. The van der Waals surface area contributed by atoms with Gasteiger partial charge in [-0.3, -0.25) is 4.79 Å². The minimum atomic E-state index is 0.260. The number of likely N-dealkylation sites (tertiary alicyclic amines) is 1. The fourth-order valence-electron chi connectivity index (χ4n) is 2.42. The van der Waals surface area contributed by atoms with E-state index in [1.165, 1.54) is 19.3 Å². The van der Waals surface area contributed by atoms with Crippen LogP contribution in [0.3, 0.4) is 0 Å². The van der Waals surface area contributed by atoms with Gasteiger partial charge in [-0.2, -0.15) is 0 Å². The number of amides is 1. The summed E-state index contributed by atoms with van der Waals surface area (Å²) in [6.07, 6.45) is 6.51. The summed E-state index contributed by atoms with van der Waals surface area (Å²) < 4.78 is 0. The molecule has 1 aliphatic heterocycles. The molecule has 1 aliphatic rings. The fourth-order valence-corrected chi connectivity index (χ4v) is 2.42. The number of piperidine rings is 1. The first-order chi connectivity index (χ1) is 7.65. The van der Waals surface area contributed by atoms with E-state index in [4.69, 9.17) is 5.73 Å². The number of hydrogen-bond acceptors (Lipinski definition) is 2. The number of nitrogens with two attached hydrogens (primary N) is 1. The van der Waals surface area contributed by atoms with Gasteiger partial charge in [0, 0.05) is 25.6 Å². The molecule has 1 rings (SSSR count). The molecule has 0 saturated carbocycles. The molecule has 16 heavy (non-hydrogen) atoms. The Balaban J connectivity index is 2.46. The maximum Gasteiger partial charge on any atom is 0.224 e. The lowest BCUT2D eigenvalue weighted by Gasteiger charge is -2.36. The first-order valence-electron chi connectivity index (χ1n) is 6.64. The molecule has 0 spiro atoms. The Morgan fingerprint density at radius 1 is 1.44 bits per heavy atom. The molecule has 1 fully saturated rings. The lowest BCUT2D eigenvalue weighted by Crippen LogP contribution is -2.44. The van der Waals surface area contributed by atoms with E-state index in [0.717, 1.165) is 25.3 Å². The molecule has 0 aromatic carbocycles. The predicted octanol–water partition coefficient (Wildman–Crippen LogP) is 2.15. The quantitative estimate of drug-likeness (QED) is 0.781. The summed E-state index contributed by atoms with van der Waals surface area (Å²) in [5, 5.41) is 0. The van der Waals surface area contributed by atoms with Crippen LogP contribution in [0.25, 0.3) is 0 Å². The Hall–Kier alpha value is -0.570. The monoisotopic (exact) mass is 226 g/mol. The van der Waals surface area contributed by atoms with Crippen LogP contribution in [0.2, 0.25) is 0 Å². The highest BCUT2D eigenvalue weighted by atomic mass is 16.2. The standard InChI is InChI=1S/C13H26N2O/c1-11(2)6-7-12-5-3-4-10-15(12)13(16)8-9-14/h11-12H,3-10,14H2,1-2H3. The van der Waals surface area contributed by atoms with E-state index in [9.17, 15) is 4.79 Å². The molecule has 1 atom stereocenters. The molecule has 3 heteroatoms. The van der Waals surface area contributed by atoms with Gasteiger partial charge in [-0.1, -0.05) is 13.8 Å². The van der Waals surface area contributed by atoms with Crippen LogP contribution in [0, 0.1) is 5.92 Å². The molecular weight excluding hydrogens is 200 g/mol. The highest BCUT2D eigenvalue weighted by molar-refractivity contribution is 5.76. The molecule has 0 aliphatic carbocycles. The van der Waals surface area contributed by atoms with Crippen molar-refractivity contribution in [3.8, 4) is 0 Å². The number of carbonyl (C=O) groups excluding carboxylic acids is 1. The van der Waals surface area contributed by atoms with E-state index in [-0.39, 0.29) is 5.91 Å². The van der Waals surface area contributed by atoms with Gasteiger partial charge in [0.15, 0.2) is 0 Å². The van der Waals surface area contributed by atoms with Crippen LogP contribution in [0.5, 0.6) is 0 Å². The van der Waals surface area contributed by atoms with Crippen molar-refractivity contribution in [1.29, 1.82) is 0 Å². The Morgan fingerprint density at radius 3 is 2.81 bits per heavy atom. The molecular formula is C13H26N2O. The van der Waals surface area contributed by atoms with Crippen LogP contribution in [0.1, 0.15) is 52.4 Å². The van der Waals surface area contributed by atoms with Crippen molar-refractivity contribution in [2.24, 2.45) is 11.7 Å². The van der Waals surface area contributed by atoms with Crippen molar-refractivity contribution in [2.45, 2.75) is 58.4 Å². The Bertz CT molecular complexity index is 216. The average molecular weight is 226 g/mol. The summed E-state index contributed by atoms with van der Waals surface area (Å²) in [6.45, 7) is 5.91. The minimum absolute atomic E-state index is 0.260. The second-order valence-corrected chi connectivity index (χ2v) is 5.25. The summed E-state index contributed by atoms with van der Waals surface area (Å²) in [5.74, 6) is 0.990. The summed E-state index contributed by atoms with van der Waals surface area (Å²) in [4.78, 5) is 14.0. The van der Waals surface area contributed by atoms with E-state index in [2.05, 4.69) is 18.7 Å². The van der Waals surface area contributed by atoms with Crippen molar-refractivity contribution in [3.63, 3.8) is 0 Å². The third-order valence-corrected chi connectivity index (χ3v) is 3.38. The van der Waals surface area contributed by atoms with E-state index < -0.39 is 0 Å². The van der Waals surface area contributed by atoms with Crippen molar-refractivity contribution in [2.75, 3.05) is 13.1 Å². The van der Waals surface area contributed by atoms with Gasteiger partial charge in [-0.15, -0.1) is 0 Å². The molecule has 0 bridgehead atoms. The van der Waals surface area contributed by atoms with Crippen LogP contribution in [0.15, 0.2) is 0 Å². The highest BCUT2D eigenvalue weighted by Crippen LogP contribution is 2.23. The van der Waals surface area contributed by atoms with Crippen molar-refractivity contribution in [1.82, 2.24) is 4.90 Å². The van der Waals surface area contributed by atoms with Gasteiger partial charge >= 0.3 is 0 Å². The zero-order chi connectivity index (χ0) is 12.0. The summed E-state index contributed by atoms with van der Waals surface area (Å²) >= 11 is 0. The first kappa shape index (κ1) is 13.5. The maximum absolute atomic E-state index is 11.9. The van der Waals surface area contributed by atoms with Crippen LogP contribution in [-0.4, -0.2) is 29.9 Å². The van der Waals surface area contributed by atoms with Gasteiger partial charge < -0.3 is 10.6 Å². The van der Waals surface area contributed by atoms with Crippen LogP contribution >= 0.6 is 0 Å². The molecule has 0 aromatic heterocycles. The Kier molecular flexibility index (Phi) is 5.81. The molecule has 3 nitrogen and oxygen atoms in total. The van der Waals surface area contributed by atoms with E-state index >= 15 is 0 Å². The lowest BCUT2D eigenvalue weighted by atomic mass is 9.94. The average Bonchev–Trinajstić information content (AvgIpc) is 2.27. The zero-order valence-corrected chi connectivity index (χ0v) is 10.7. The predicted molar refractivity (Wildman–Crippen MR) is 67.1 cm³/mol. The number of hydrogen-bond donors (Lipinski definition) is 1. The van der Waals surface area contributed by atoms with E-state index in [1.807, 2.05) is 0 Å². The summed E-state index contributed by atoms with van der Waals surface area (Å²) in [7, 11) is 0. The van der Waals surface area contributed by atoms with Gasteiger partial charge in [0.25, 0.3) is 0 Å². The van der Waals surface area contributed by atoms with Crippen molar-refractivity contribution >= 4 is 5.91 Å². The maximum atomic E-state index is 11.9. The third kappa shape index (κ3) is 4.12. The number of nitrogens with zero attached hydrogens (tertiary/aromatic N) is 1. The molecule has 0 aromatic rings. The Labute approximate surface area is 99.4 Å². The molecule has 1 heterocycles. The second-order valence-electron chi connectivity index (χ2n) is 5.25. The number of rotatable bonds is 5. The van der Waals surface area contributed by atoms with Crippen LogP contribution in [0.4, 0.5) is 0 Å². The SMILES string of the molecule is CC(C)CCC1CCCCN1C(=O)CCN. The Morgan fingerprint density at radius 2 is 2.19 bits per heavy atom. The molecule has 94 valence electrons. The lowest BCUT2D eigenvalue weighted by molar-refractivity contribution is -0.134.